The number of carbonyl (C=O) groups is 2. The van der Waals surface area contributed by atoms with E-state index < -0.39 is 11.9 Å². The van der Waals surface area contributed by atoms with Crippen LogP contribution in [0.25, 0.3) is 0 Å². The Morgan fingerprint density at radius 1 is 1.00 bits per heavy atom. The van der Waals surface area contributed by atoms with Crippen LogP contribution >= 0.6 is 0 Å². The summed E-state index contributed by atoms with van der Waals surface area (Å²) in [4.78, 5) is 27.8. The molecule has 0 N–H and O–H groups in total. The molecule has 0 aliphatic carbocycles. The lowest BCUT2D eigenvalue weighted by Gasteiger charge is -2.06. The van der Waals surface area contributed by atoms with Crippen LogP contribution in [0, 0.1) is 20.8 Å². The van der Waals surface area contributed by atoms with Crippen molar-refractivity contribution >= 4 is 23.5 Å². The van der Waals surface area contributed by atoms with E-state index in [1.165, 1.54) is 0 Å². The lowest BCUT2D eigenvalue weighted by Crippen LogP contribution is -2.18. The van der Waals surface area contributed by atoms with Gasteiger partial charge >= 0.3 is 11.9 Å². The van der Waals surface area contributed by atoms with Gasteiger partial charge < -0.3 is 9.47 Å². The fourth-order valence-corrected chi connectivity index (χ4v) is 2.04. The Labute approximate surface area is 130 Å². The molecule has 1 aromatic rings. The zero-order valence-corrected chi connectivity index (χ0v) is 13.6. The summed E-state index contributed by atoms with van der Waals surface area (Å²) in [6.45, 7) is 9.45. The van der Waals surface area contributed by atoms with Crippen LogP contribution in [-0.4, -0.2) is 31.0 Å². The minimum atomic E-state index is -0.785. The lowest BCUT2D eigenvalue weighted by atomic mass is 10.1. The normalized spacial score (nSPS) is 9.68. The fraction of sp³-hybridized carbons (Fsp3) is 0.412. The van der Waals surface area contributed by atoms with Gasteiger partial charge in [-0.05, 0) is 45.7 Å². The molecule has 0 saturated carbocycles. The molecule has 0 aliphatic rings. The summed E-state index contributed by atoms with van der Waals surface area (Å²) in [7, 11) is 0. The summed E-state index contributed by atoms with van der Waals surface area (Å²) in [5.74, 6) is 0.929. The second kappa shape index (κ2) is 8.15. The highest BCUT2D eigenvalue weighted by molar-refractivity contribution is 6.21. The second-order valence-electron chi connectivity index (χ2n) is 4.79. The average molecular weight is 303 g/mol. The highest BCUT2D eigenvalue weighted by Crippen LogP contribution is 2.24. The number of aryl methyl sites for hydroxylation is 3. The number of carbonyl (C=O) groups excluding carboxylic acids is 2. The Morgan fingerprint density at radius 3 is 1.86 bits per heavy atom. The van der Waals surface area contributed by atoms with Crippen LogP contribution in [0.3, 0.4) is 0 Å². The molecule has 0 unspecified atom stereocenters. The molecule has 5 heteroatoms. The first-order valence-corrected chi connectivity index (χ1v) is 7.16. The molecule has 5 nitrogen and oxygen atoms in total. The molecule has 0 radical (unpaired) electrons. The molecular formula is C17H21NO4. The van der Waals surface area contributed by atoms with E-state index in [-0.39, 0.29) is 18.8 Å². The van der Waals surface area contributed by atoms with Crippen LogP contribution in [0.2, 0.25) is 0 Å². The summed E-state index contributed by atoms with van der Waals surface area (Å²) < 4.78 is 9.68. The predicted octanol–water partition coefficient (Wildman–Crippen LogP) is 2.97. The fourth-order valence-electron chi connectivity index (χ4n) is 2.04. The molecule has 0 aromatic heterocycles. The molecular weight excluding hydrogens is 282 g/mol. The van der Waals surface area contributed by atoms with Crippen LogP contribution in [0.1, 0.15) is 30.5 Å². The van der Waals surface area contributed by atoms with Crippen molar-refractivity contribution in [3.8, 4) is 0 Å². The van der Waals surface area contributed by atoms with E-state index in [0.29, 0.717) is 5.69 Å². The minimum Gasteiger partial charge on any atom is -0.462 e. The summed E-state index contributed by atoms with van der Waals surface area (Å²) in [5.41, 5.74) is 3.35. The summed E-state index contributed by atoms with van der Waals surface area (Å²) in [6, 6.07) is 3.95. The molecule has 1 aromatic carbocycles. The highest BCUT2D eigenvalue weighted by atomic mass is 16.6. The van der Waals surface area contributed by atoms with Gasteiger partial charge in [-0.15, -0.1) is 0 Å². The molecule has 0 atom stereocenters. The quantitative estimate of drug-likeness (QED) is 0.276. The van der Waals surface area contributed by atoms with Crippen molar-refractivity contribution < 1.29 is 19.1 Å². The van der Waals surface area contributed by atoms with Crippen molar-refractivity contribution in [2.24, 2.45) is 4.99 Å². The van der Waals surface area contributed by atoms with E-state index in [0.717, 1.165) is 16.7 Å². The third-order valence-electron chi connectivity index (χ3n) is 2.87. The van der Waals surface area contributed by atoms with Gasteiger partial charge in [-0.1, -0.05) is 17.7 Å². The van der Waals surface area contributed by atoms with E-state index in [1.807, 2.05) is 32.9 Å². The first-order valence-electron chi connectivity index (χ1n) is 7.16. The van der Waals surface area contributed by atoms with Gasteiger partial charge in [0, 0.05) is 5.87 Å². The van der Waals surface area contributed by atoms with Crippen LogP contribution in [0.4, 0.5) is 5.69 Å². The second-order valence-corrected chi connectivity index (χ2v) is 4.79. The molecule has 0 fully saturated rings. The highest BCUT2D eigenvalue weighted by Gasteiger charge is 2.21. The molecule has 0 bridgehead atoms. The minimum absolute atomic E-state index is 0.159. The van der Waals surface area contributed by atoms with E-state index >= 15 is 0 Å². The van der Waals surface area contributed by atoms with E-state index in [2.05, 4.69) is 10.9 Å². The van der Waals surface area contributed by atoms with Gasteiger partial charge in [0.05, 0.1) is 18.9 Å². The molecule has 1 rings (SSSR count). The maximum atomic E-state index is 11.8. The van der Waals surface area contributed by atoms with Crippen LogP contribution in [0.15, 0.2) is 22.7 Å². The third-order valence-corrected chi connectivity index (χ3v) is 2.87. The molecule has 22 heavy (non-hydrogen) atoms. The number of hydrogen-bond donors (Lipinski definition) is 0. The number of benzene rings is 1. The van der Waals surface area contributed by atoms with Crippen molar-refractivity contribution in [1.29, 1.82) is 0 Å². The first-order chi connectivity index (χ1) is 10.4. The van der Waals surface area contributed by atoms with Crippen molar-refractivity contribution in [3.05, 3.63) is 34.4 Å². The Kier molecular flexibility index (Phi) is 6.54. The number of rotatable bonds is 5. The predicted molar refractivity (Wildman–Crippen MR) is 84.5 cm³/mol. The topological polar surface area (TPSA) is 65.0 Å². The monoisotopic (exact) mass is 303 g/mol. The molecule has 0 spiro atoms. The summed E-state index contributed by atoms with van der Waals surface area (Å²) >= 11 is 0. The zero-order valence-electron chi connectivity index (χ0n) is 13.6. The Hall–Kier alpha value is -2.39. The van der Waals surface area contributed by atoms with Gasteiger partial charge in [-0.2, -0.15) is 0 Å². The Bertz CT molecular complexity index is 597. The maximum absolute atomic E-state index is 11.8. The number of ether oxygens (including phenoxy) is 2. The van der Waals surface area contributed by atoms with Crippen LogP contribution < -0.4 is 0 Å². The van der Waals surface area contributed by atoms with E-state index in [1.54, 1.807) is 13.8 Å². The lowest BCUT2D eigenvalue weighted by molar-refractivity contribution is -0.146. The number of esters is 2. The van der Waals surface area contributed by atoms with Crippen molar-refractivity contribution in [2.45, 2.75) is 34.6 Å². The van der Waals surface area contributed by atoms with Crippen molar-refractivity contribution in [2.75, 3.05) is 13.2 Å². The summed E-state index contributed by atoms with van der Waals surface area (Å²) in [6.07, 6.45) is 0. The molecule has 0 aliphatic heterocycles. The smallest absolute Gasteiger partial charge is 0.355 e. The number of nitrogens with zero attached hydrogens (tertiary/aromatic N) is 1. The molecule has 0 heterocycles. The van der Waals surface area contributed by atoms with Crippen molar-refractivity contribution in [3.63, 3.8) is 0 Å². The largest absolute Gasteiger partial charge is 0.462 e. The van der Waals surface area contributed by atoms with E-state index in [9.17, 15) is 9.59 Å². The third kappa shape index (κ3) is 4.57. The van der Waals surface area contributed by atoms with Gasteiger partial charge in [0.25, 0.3) is 0 Å². The standard InChI is InChI=1S/C17H21NO4/c1-6-21-16(19)14(17(20)22-7-2)10-18-15-12(4)8-11(3)9-13(15)5/h8-9H,6-7H2,1-5H3. The Balaban J connectivity index is 3.32. The molecule has 0 amide bonds. The van der Waals surface area contributed by atoms with Gasteiger partial charge in [0.1, 0.15) is 0 Å². The van der Waals surface area contributed by atoms with Crippen LogP contribution in [0.5, 0.6) is 0 Å². The first kappa shape index (κ1) is 17.7. The van der Waals surface area contributed by atoms with Crippen molar-refractivity contribution in [1.82, 2.24) is 0 Å². The molecule has 118 valence electrons. The number of aliphatic imine (C=N–C) groups is 1. The molecule has 0 saturated heterocycles. The van der Waals surface area contributed by atoms with E-state index in [4.69, 9.17) is 9.47 Å². The summed E-state index contributed by atoms with van der Waals surface area (Å²) in [5, 5.41) is 0. The maximum Gasteiger partial charge on any atom is 0.355 e. The van der Waals surface area contributed by atoms with Gasteiger partial charge in [-0.3, -0.25) is 0 Å². The number of hydrogen-bond acceptors (Lipinski definition) is 5. The SMILES string of the molecule is CCOC(=O)C(=C=Nc1c(C)cc(C)cc1C)C(=O)OCC. The van der Waals surface area contributed by atoms with Gasteiger partial charge in [-0.25, -0.2) is 14.6 Å². The van der Waals surface area contributed by atoms with Crippen LogP contribution in [-0.2, 0) is 19.1 Å². The van der Waals surface area contributed by atoms with Gasteiger partial charge in [0.15, 0.2) is 0 Å². The zero-order chi connectivity index (χ0) is 16.7. The average Bonchev–Trinajstić information content (AvgIpc) is 2.42. The van der Waals surface area contributed by atoms with Gasteiger partial charge in [0.2, 0.25) is 5.57 Å². The Morgan fingerprint density at radius 2 is 1.45 bits per heavy atom.